The number of anilines is 2. The molecule has 1 fully saturated rings. The predicted octanol–water partition coefficient (Wildman–Crippen LogP) is 4.69. The van der Waals surface area contributed by atoms with Crippen LogP contribution in [0.25, 0.3) is 6.08 Å². The third kappa shape index (κ3) is 6.31. The Morgan fingerprint density at radius 3 is 2.31 bits per heavy atom. The lowest BCUT2D eigenvalue weighted by atomic mass is 10.1. The lowest BCUT2D eigenvalue weighted by molar-refractivity contribution is -0.122. The molecule has 0 spiro atoms. The van der Waals surface area contributed by atoms with Crippen LogP contribution in [-0.4, -0.2) is 44.6 Å². The molecule has 0 saturated carbocycles. The summed E-state index contributed by atoms with van der Waals surface area (Å²) in [5, 5.41) is 5.31. The highest BCUT2D eigenvalue weighted by Crippen LogP contribution is 2.37. The molecule has 0 radical (unpaired) electrons. The Morgan fingerprint density at radius 1 is 0.974 bits per heavy atom. The van der Waals surface area contributed by atoms with E-state index in [0.717, 1.165) is 4.90 Å². The Morgan fingerprint density at radius 2 is 1.67 bits per heavy atom. The SMILES string of the molecule is COc1ccc(NC(=O)COc2c(Cl)cc(/C=C3/C(=O)NC(=O)N(c4ccc(Cl)cc4)C3=O)cc2OC)cc1. The van der Waals surface area contributed by atoms with E-state index in [1.165, 1.54) is 49.6 Å². The molecular formula is C27H21Cl2N3O7. The van der Waals surface area contributed by atoms with Gasteiger partial charge in [-0.25, -0.2) is 9.69 Å². The van der Waals surface area contributed by atoms with Crippen LogP contribution < -0.4 is 29.7 Å². The first kappa shape index (κ1) is 27.5. The zero-order valence-electron chi connectivity index (χ0n) is 20.6. The van der Waals surface area contributed by atoms with Gasteiger partial charge in [0.1, 0.15) is 11.3 Å². The van der Waals surface area contributed by atoms with Gasteiger partial charge >= 0.3 is 6.03 Å². The topological polar surface area (TPSA) is 123 Å². The summed E-state index contributed by atoms with van der Waals surface area (Å²) in [6.45, 7) is -0.373. The van der Waals surface area contributed by atoms with Crippen molar-refractivity contribution < 1.29 is 33.4 Å². The normalized spacial score (nSPS) is 14.2. The molecule has 200 valence electrons. The van der Waals surface area contributed by atoms with Crippen molar-refractivity contribution in [3.8, 4) is 17.2 Å². The minimum atomic E-state index is -0.892. The van der Waals surface area contributed by atoms with Crippen LogP contribution in [0.3, 0.4) is 0 Å². The van der Waals surface area contributed by atoms with Crippen molar-refractivity contribution in [3.05, 3.63) is 81.8 Å². The molecule has 1 aliphatic heterocycles. The van der Waals surface area contributed by atoms with Gasteiger partial charge in [0.15, 0.2) is 18.1 Å². The molecule has 0 aliphatic carbocycles. The van der Waals surface area contributed by atoms with Crippen molar-refractivity contribution in [2.75, 3.05) is 31.0 Å². The van der Waals surface area contributed by atoms with E-state index < -0.39 is 23.8 Å². The molecule has 0 aromatic heterocycles. The number of urea groups is 1. The monoisotopic (exact) mass is 569 g/mol. The number of amides is 5. The van der Waals surface area contributed by atoms with Gasteiger partial charge in [0.05, 0.1) is 24.9 Å². The second-order valence-corrected chi connectivity index (χ2v) is 8.88. The zero-order valence-corrected chi connectivity index (χ0v) is 22.1. The quantitative estimate of drug-likeness (QED) is 0.298. The van der Waals surface area contributed by atoms with Crippen molar-refractivity contribution in [1.29, 1.82) is 0 Å². The summed E-state index contributed by atoms with van der Waals surface area (Å²) in [7, 11) is 2.91. The van der Waals surface area contributed by atoms with E-state index in [9.17, 15) is 19.2 Å². The average Bonchev–Trinajstić information content (AvgIpc) is 2.91. The van der Waals surface area contributed by atoms with Crippen LogP contribution in [0.1, 0.15) is 5.56 Å². The summed E-state index contributed by atoms with van der Waals surface area (Å²) >= 11 is 12.3. The fraction of sp³-hybridized carbons (Fsp3) is 0.111. The number of nitrogens with zero attached hydrogens (tertiary/aromatic N) is 1. The lowest BCUT2D eigenvalue weighted by Gasteiger charge is -2.26. The average molecular weight is 570 g/mol. The molecule has 0 unspecified atom stereocenters. The maximum atomic E-state index is 13.1. The van der Waals surface area contributed by atoms with Crippen LogP contribution in [0.2, 0.25) is 10.0 Å². The van der Waals surface area contributed by atoms with E-state index in [1.807, 2.05) is 0 Å². The molecule has 4 rings (SSSR count). The van der Waals surface area contributed by atoms with Gasteiger partial charge in [0, 0.05) is 10.7 Å². The van der Waals surface area contributed by atoms with Crippen LogP contribution in [0.15, 0.2) is 66.2 Å². The zero-order chi connectivity index (χ0) is 28.1. The summed E-state index contributed by atoms with van der Waals surface area (Å²) in [4.78, 5) is 51.2. The number of halogens is 2. The van der Waals surface area contributed by atoms with Crippen LogP contribution >= 0.6 is 23.2 Å². The second-order valence-electron chi connectivity index (χ2n) is 8.03. The molecule has 1 aliphatic rings. The fourth-order valence-electron chi connectivity index (χ4n) is 3.62. The molecule has 10 nitrogen and oxygen atoms in total. The largest absolute Gasteiger partial charge is 0.497 e. The summed E-state index contributed by atoms with van der Waals surface area (Å²) in [5.74, 6) is -1.27. The number of carbonyl (C=O) groups is 4. The van der Waals surface area contributed by atoms with Gasteiger partial charge in [-0.2, -0.15) is 0 Å². The van der Waals surface area contributed by atoms with Crippen LogP contribution in [-0.2, 0) is 14.4 Å². The summed E-state index contributed by atoms with van der Waals surface area (Å²) in [6, 6.07) is 14.7. The smallest absolute Gasteiger partial charge is 0.335 e. The molecule has 1 heterocycles. The minimum Gasteiger partial charge on any atom is -0.497 e. The van der Waals surface area contributed by atoms with Crippen molar-refractivity contribution >= 4 is 64.4 Å². The Balaban J connectivity index is 1.53. The Kier molecular flexibility index (Phi) is 8.38. The number of barbiturate groups is 1. The maximum Gasteiger partial charge on any atom is 0.335 e. The second kappa shape index (κ2) is 11.9. The number of benzene rings is 3. The first-order valence-corrected chi connectivity index (χ1v) is 12.1. The number of hydrogen-bond acceptors (Lipinski definition) is 7. The molecule has 2 N–H and O–H groups in total. The summed E-state index contributed by atoms with van der Waals surface area (Å²) < 4.78 is 16.0. The van der Waals surface area contributed by atoms with Crippen LogP contribution in [0.4, 0.5) is 16.2 Å². The molecule has 12 heteroatoms. The molecule has 5 amide bonds. The number of rotatable bonds is 8. The highest BCUT2D eigenvalue weighted by molar-refractivity contribution is 6.39. The number of hydrogen-bond donors (Lipinski definition) is 2. The molecule has 3 aromatic rings. The highest BCUT2D eigenvalue weighted by Gasteiger charge is 2.36. The first-order chi connectivity index (χ1) is 18.7. The Bertz CT molecular complexity index is 1470. The van der Waals surface area contributed by atoms with Crippen LogP contribution in [0.5, 0.6) is 17.2 Å². The summed E-state index contributed by atoms with van der Waals surface area (Å²) in [5.41, 5.74) is 0.782. The van der Waals surface area contributed by atoms with E-state index >= 15 is 0 Å². The lowest BCUT2D eigenvalue weighted by Crippen LogP contribution is -2.54. The summed E-state index contributed by atoms with van der Waals surface area (Å²) in [6.07, 6.45) is 1.27. The van der Waals surface area contributed by atoms with E-state index in [0.29, 0.717) is 22.0 Å². The molecule has 0 bridgehead atoms. The molecule has 0 atom stereocenters. The van der Waals surface area contributed by atoms with Gasteiger partial charge in [-0.15, -0.1) is 0 Å². The minimum absolute atomic E-state index is 0.0627. The first-order valence-electron chi connectivity index (χ1n) is 11.3. The number of carbonyl (C=O) groups excluding carboxylic acids is 4. The Labute approximate surface area is 233 Å². The van der Waals surface area contributed by atoms with Gasteiger partial charge in [-0.3, -0.25) is 19.7 Å². The van der Waals surface area contributed by atoms with E-state index in [4.69, 9.17) is 37.4 Å². The van der Waals surface area contributed by atoms with Crippen LogP contribution in [0, 0.1) is 0 Å². The van der Waals surface area contributed by atoms with Gasteiger partial charge in [0.2, 0.25) is 0 Å². The number of imide groups is 2. The van der Waals surface area contributed by atoms with Crippen molar-refractivity contribution in [1.82, 2.24) is 5.32 Å². The van der Waals surface area contributed by atoms with E-state index in [1.54, 1.807) is 31.4 Å². The third-order valence-corrected chi connectivity index (χ3v) is 6.00. The maximum absolute atomic E-state index is 13.1. The molecule has 39 heavy (non-hydrogen) atoms. The third-order valence-electron chi connectivity index (χ3n) is 5.47. The number of ether oxygens (including phenoxy) is 3. The molecule has 3 aromatic carbocycles. The Hall–Kier alpha value is -4.54. The van der Waals surface area contributed by atoms with Gasteiger partial charge < -0.3 is 19.5 Å². The van der Waals surface area contributed by atoms with Gasteiger partial charge in [0.25, 0.3) is 17.7 Å². The van der Waals surface area contributed by atoms with Gasteiger partial charge in [-0.05, 0) is 72.3 Å². The standard InChI is InChI=1S/C27H21Cl2N3O7/c1-37-19-9-5-17(6-10-19)30-23(33)14-39-24-21(29)12-15(13-22(24)38-2)11-20-25(34)31-27(36)32(26(20)35)18-7-3-16(28)4-8-18/h3-13H,14H2,1-2H3,(H,30,33)(H,31,34,36)/b20-11-. The van der Waals surface area contributed by atoms with E-state index in [2.05, 4.69) is 10.6 Å². The van der Waals surface area contributed by atoms with Crippen molar-refractivity contribution in [2.45, 2.75) is 0 Å². The molecular weight excluding hydrogens is 549 g/mol. The predicted molar refractivity (Wildman–Crippen MR) is 146 cm³/mol. The van der Waals surface area contributed by atoms with Crippen molar-refractivity contribution in [3.63, 3.8) is 0 Å². The highest BCUT2D eigenvalue weighted by atomic mass is 35.5. The van der Waals surface area contributed by atoms with Gasteiger partial charge in [-0.1, -0.05) is 23.2 Å². The fourth-order valence-corrected chi connectivity index (χ4v) is 4.02. The van der Waals surface area contributed by atoms with Crippen molar-refractivity contribution in [2.24, 2.45) is 0 Å². The molecule has 1 saturated heterocycles. The van der Waals surface area contributed by atoms with E-state index in [-0.39, 0.29) is 34.4 Å². The number of methoxy groups -OCH3 is 2. The number of nitrogens with one attached hydrogen (secondary N) is 2.